The first-order chi connectivity index (χ1) is 9.29. The molecule has 0 aliphatic rings. The lowest BCUT2D eigenvalue weighted by atomic mass is 9.86. The third kappa shape index (κ3) is 2.87. The normalized spacial score (nSPS) is 11.4. The minimum Gasteiger partial charge on any atom is -0.478 e. The summed E-state index contributed by atoms with van der Waals surface area (Å²) in [6.07, 6.45) is 1.72. The first kappa shape index (κ1) is 14.3. The second-order valence-electron chi connectivity index (χ2n) is 5.99. The van der Waals surface area contributed by atoms with Crippen molar-refractivity contribution in [2.75, 3.05) is 0 Å². The van der Waals surface area contributed by atoms with Crippen LogP contribution in [0.3, 0.4) is 0 Å². The van der Waals surface area contributed by atoms with Crippen LogP contribution in [0, 0.1) is 6.92 Å². The van der Waals surface area contributed by atoms with Gasteiger partial charge in [0.1, 0.15) is 0 Å². The Morgan fingerprint density at radius 2 is 1.70 bits per heavy atom. The van der Waals surface area contributed by atoms with Crippen molar-refractivity contribution in [1.82, 2.24) is 4.98 Å². The van der Waals surface area contributed by atoms with Crippen LogP contribution in [0.25, 0.3) is 11.1 Å². The van der Waals surface area contributed by atoms with Crippen molar-refractivity contribution < 1.29 is 9.90 Å². The van der Waals surface area contributed by atoms with E-state index in [1.165, 1.54) is 5.56 Å². The van der Waals surface area contributed by atoms with E-state index in [-0.39, 0.29) is 11.0 Å². The number of hydrogen-bond acceptors (Lipinski definition) is 2. The van der Waals surface area contributed by atoms with Crippen LogP contribution in [0.2, 0.25) is 0 Å². The van der Waals surface area contributed by atoms with E-state index in [9.17, 15) is 4.79 Å². The summed E-state index contributed by atoms with van der Waals surface area (Å²) in [6, 6.07) is 9.86. The van der Waals surface area contributed by atoms with Crippen molar-refractivity contribution in [3.05, 3.63) is 53.3 Å². The Balaban J connectivity index is 2.42. The van der Waals surface area contributed by atoms with Crippen LogP contribution < -0.4 is 0 Å². The predicted molar refractivity (Wildman–Crippen MR) is 80.1 cm³/mol. The number of hydrogen-bond donors (Lipinski definition) is 1. The zero-order valence-corrected chi connectivity index (χ0v) is 12.3. The number of benzene rings is 1. The Hall–Kier alpha value is -2.16. The van der Waals surface area contributed by atoms with Gasteiger partial charge in [0.05, 0.1) is 11.3 Å². The highest BCUT2D eigenvalue weighted by molar-refractivity contribution is 5.90. The molecule has 1 aromatic heterocycles. The molecule has 2 aromatic rings. The van der Waals surface area contributed by atoms with E-state index in [4.69, 9.17) is 5.11 Å². The summed E-state index contributed by atoms with van der Waals surface area (Å²) in [7, 11) is 0. The first-order valence-electron chi connectivity index (χ1n) is 6.60. The Labute approximate surface area is 119 Å². The number of rotatable bonds is 2. The molecule has 0 bridgehead atoms. The van der Waals surface area contributed by atoms with Gasteiger partial charge in [-0.1, -0.05) is 45.0 Å². The smallest absolute Gasteiger partial charge is 0.337 e. The molecule has 0 saturated heterocycles. The average Bonchev–Trinajstić information content (AvgIpc) is 2.38. The summed E-state index contributed by atoms with van der Waals surface area (Å²) in [6.45, 7) is 8.20. The number of aromatic carboxylic acids is 1. The van der Waals surface area contributed by atoms with E-state index < -0.39 is 5.97 Å². The Morgan fingerprint density at radius 3 is 2.20 bits per heavy atom. The summed E-state index contributed by atoms with van der Waals surface area (Å²) in [5, 5.41) is 9.15. The minimum atomic E-state index is -0.942. The highest BCUT2D eigenvalue weighted by Crippen LogP contribution is 2.26. The molecule has 1 aromatic carbocycles. The van der Waals surface area contributed by atoms with E-state index in [1.54, 1.807) is 19.2 Å². The highest BCUT2D eigenvalue weighted by atomic mass is 16.4. The van der Waals surface area contributed by atoms with Gasteiger partial charge in [-0.15, -0.1) is 0 Å². The highest BCUT2D eigenvalue weighted by Gasteiger charge is 2.14. The fraction of sp³-hybridized carbons (Fsp3) is 0.294. The first-order valence-corrected chi connectivity index (χ1v) is 6.60. The Morgan fingerprint density at radius 1 is 1.10 bits per heavy atom. The van der Waals surface area contributed by atoms with Crippen LogP contribution in [0.1, 0.15) is 42.4 Å². The average molecular weight is 269 g/mol. The van der Waals surface area contributed by atoms with Gasteiger partial charge in [-0.3, -0.25) is 4.98 Å². The fourth-order valence-corrected chi connectivity index (χ4v) is 2.07. The van der Waals surface area contributed by atoms with Crippen molar-refractivity contribution in [2.24, 2.45) is 0 Å². The number of aromatic nitrogens is 1. The van der Waals surface area contributed by atoms with E-state index >= 15 is 0 Å². The van der Waals surface area contributed by atoms with E-state index in [1.807, 2.05) is 12.1 Å². The van der Waals surface area contributed by atoms with Crippen molar-refractivity contribution in [3.8, 4) is 11.1 Å². The molecule has 0 aliphatic heterocycles. The Bertz CT molecular complexity index is 637. The van der Waals surface area contributed by atoms with E-state index in [2.05, 4.69) is 37.9 Å². The van der Waals surface area contributed by atoms with Crippen molar-refractivity contribution in [3.63, 3.8) is 0 Å². The topological polar surface area (TPSA) is 50.2 Å². The largest absolute Gasteiger partial charge is 0.478 e. The molecule has 2 rings (SSSR count). The fourth-order valence-electron chi connectivity index (χ4n) is 2.07. The maximum Gasteiger partial charge on any atom is 0.337 e. The maximum atomic E-state index is 11.2. The van der Waals surface area contributed by atoms with Crippen LogP contribution in [-0.2, 0) is 5.41 Å². The van der Waals surface area contributed by atoms with Crippen LogP contribution in [0.5, 0.6) is 0 Å². The molecular formula is C17H19NO2. The molecular weight excluding hydrogens is 250 g/mol. The quantitative estimate of drug-likeness (QED) is 0.894. The summed E-state index contributed by atoms with van der Waals surface area (Å²) in [4.78, 5) is 15.3. The summed E-state index contributed by atoms with van der Waals surface area (Å²) in [5.41, 5.74) is 3.95. The number of carbonyl (C=O) groups is 1. The number of nitrogens with zero attached hydrogens (tertiary/aromatic N) is 1. The lowest BCUT2D eigenvalue weighted by Gasteiger charge is -2.19. The SMILES string of the molecule is Cc1ncc(-c2ccc(C(C)(C)C)cc2)cc1C(=O)O. The summed E-state index contributed by atoms with van der Waals surface area (Å²) >= 11 is 0. The molecule has 0 unspecified atom stereocenters. The lowest BCUT2D eigenvalue weighted by Crippen LogP contribution is -2.10. The number of pyridine rings is 1. The lowest BCUT2D eigenvalue weighted by molar-refractivity contribution is 0.0695. The third-order valence-electron chi connectivity index (χ3n) is 3.40. The van der Waals surface area contributed by atoms with Gasteiger partial charge in [0, 0.05) is 11.8 Å². The standard InChI is InChI=1S/C17H19NO2/c1-11-15(16(19)20)9-13(10-18-11)12-5-7-14(8-6-12)17(2,3)4/h5-10H,1-4H3,(H,19,20). The van der Waals surface area contributed by atoms with Crippen LogP contribution in [-0.4, -0.2) is 16.1 Å². The Kier molecular flexibility index (Phi) is 3.62. The van der Waals surface area contributed by atoms with Gasteiger partial charge in [-0.2, -0.15) is 0 Å². The maximum absolute atomic E-state index is 11.2. The van der Waals surface area contributed by atoms with E-state index in [0.717, 1.165) is 11.1 Å². The number of aryl methyl sites for hydroxylation is 1. The molecule has 0 fully saturated rings. The number of carboxylic acids is 1. The molecule has 0 amide bonds. The van der Waals surface area contributed by atoms with Gasteiger partial charge < -0.3 is 5.11 Å². The molecule has 0 saturated carbocycles. The molecule has 20 heavy (non-hydrogen) atoms. The molecule has 0 aliphatic carbocycles. The predicted octanol–water partition coefficient (Wildman–Crippen LogP) is 4.05. The molecule has 0 atom stereocenters. The third-order valence-corrected chi connectivity index (χ3v) is 3.40. The summed E-state index contributed by atoms with van der Waals surface area (Å²) < 4.78 is 0. The van der Waals surface area contributed by atoms with Crippen LogP contribution >= 0.6 is 0 Å². The van der Waals surface area contributed by atoms with Gasteiger partial charge in [0.15, 0.2) is 0 Å². The second-order valence-corrected chi connectivity index (χ2v) is 5.99. The molecule has 1 heterocycles. The molecule has 104 valence electrons. The van der Waals surface area contributed by atoms with Crippen LogP contribution in [0.4, 0.5) is 0 Å². The summed E-state index contributed by atoms with van der Waals surface area (Å²) in [5.74, 6) is -0.942. The molecule has 3 heteroatoms. The molecule has 1 N–H and O–H groups in total. The monoisotopic (exact) mass is 269 g/mol. The van der Waals surface area contributed by atoms with Crippen molar-refractivity contribution in [2.45, 2.75) is 33.1 Å². The zero-order valence-electron chi connectivity index (χ0n) is 12.3. The van der Waals surface area contributed by atoms with Gasteiger partial charge >= 0.3 is 5.97 Å². The second kappa shape index (κ2) is 5.08. The number of carboxylic acid groups (broad SMARTS) is 1. The van der Waals surface area contributed by atoms with Gasteiger partial charge in [0.2, 0.25) is 0 Å². The molecule has 0 radical (unpaired) electrons. The minimum absolute atomic E-state index is 0.107. The molecule has 0 spiro atoms. The zero-order chi connectivity index (χ0) is 14.9. The van der Waals surface area contributed by atoms with Gasteiger partial charge in [-0.25, -0.2) is 4.79 Å². The van der Waals surface area contributed by atoms with Crippen LogP contribution in [0.15, 0.2) is 36.5 Å². The van der Waals surface area contributed by atoms with Gasteiger partial charge in [0.25, 0.3) is 0 Å². The van der Waals surface area contributed by atoms with Gasteiger partial charge in [-0.05, 0) is 29.5 Å². The van der Waals surface area contributed by atoms with E-state index in [0.29, 0.717) is 5.69 Å². The molecule has 3 nitrogen and oxygen atoms in total. The van der Waals surface area contributed by atoms with Crippen molar-refractivity contribution in [1.29, 1.82) is 0 Å². The van der Waals surface area contributed by atoms with Crippen molar-refractivity contribution >= 4 is 5.97 Å².